The lowest BCUT2D eigenvalue weighted by Crippen LogP contribution is -2.48. The first-order chi connectivity index (χ1) is 11.0. The van der Waals surface area contributed by atoms with Crippen molar-refractivity contribution >= 4 is 23.2 Å². The molecule has 0 aliphatic carbocycles. The molecule has 0 spiro atoms. The number of hydrogen-bond donors (Lipinski definition) is 2. The van der Waals surface area contributed by atoms with Crippen molar-refractivity contribution in [3.05, 3.63) is 60.4 Å². The molecule has 0 fully saturated rings. The number of halogens is 1. The van der Waals surface area contributed by atoms with Crippen LogP contribution in [-0.4, -0.2) is 24.4 Å². The summed E-state index contributed by atoms with van der Waals surface area (Å²) in [5, 5.41) is 2.60. The molecule has 2 aromatic carbocycles. The fourth-order valence-electron chi connectivity index (χ4n) is 2.20. The summed E-state index contributed by atoms with van der Waals surface area (Å²) in [6, 6.07) is 13.6. The molecule has 0 saturated carbocycles. The molecule has 1 atom stereocenters. The second kappa shape index (κ2) is 7.51. The van der Waals surface area contributed by atoms with Gasteiger partial charge in [0.15, 0.2) is 0 Å². The molecule has 120 valence electrons. The van der Waals surface area contributed by atoms with Crippen LogP contribution in [0.5, 0.6) is 0 Å². The lowest BCUT2D eigenvalue weighted by atomic mass is 10.2. The molecular formula is C17H18FN3O2. The number of nitrogens with one attached hydrogen (secondary N) is 1. The van der Waals surface area contributed by atoms with Crippen LogP contribution in [-0.2, 0) is 9.59 Å². The van der Waals surface area contributed by atoms with Crippen molar-refractivity contribution in [2.24, 2.45) is 5.73 Å². The summed E-state index contributed by atoms with van der Waals surface area (Å²) in [5.41, 5.74) is 6.35. The monoisotopic (exact) mass is 315 g/mol. The van der Waals surface area contributed by atoms with E-state index in [-0.39, 0.29) is 12.5 Å². The molecule has 1 unspecified atom stereocenters. The predicted molar refractivity (Wildman–Crippen MR) is 87.5 cm³/mol. The van der Waals surface area contributed by atoms with Crippen molar-refractivity contribution < 1.29 is 14.0 Å². The second-order valence-electron chi connectivity index (χ2n) is 4.98. The van der Waals surface area contributed by atoms with E-state index in [4.69, 9.17) is 5.73 Å². The third-order valence-corrected chi connectivity index (χ3v) is 3.34. The van der Waals surface area contributed by atoms with Crippen LogP contribution in [0.4, 0.5) is 15.8 Å². The van der Waals surface area contributed by atoms with Crippen LogP contribution >= 0.6 is 0 Å². The molecule has 5 nitrogen and oxygen atoms in total. The molecule has 0 radical (unpaired) electrons. The summed E-state index contributed by atoms with van der Waals surface area (Å²) in [6.45, 7) is 1.38. The van der Waals surface area contributed by atoms with Crippen LogP contribution < -0.4 is 16.0 Å². The number of nitrogens with two attached hydrogens (primary N) is 1. The Morgan fingerprint density at radius 2 is 1.87 bits per heavy atom. The van der Waals surface area contributed by atoms with Gasteiger partial charge in [0.25, 0.3) is 0 Å². The number of para-hydroxylation sites is 1. The molecule has 6 heteroatoms. The topological polar surface area (TPSA) is 75.4 Å². The summed E-state index contributed by atoms with van der Waals surface area (Å²) in [4.78, 5) is 25.8. The zero-order chi connectivity index (χ0) is 16.8. The van der Waals surface area contributed by atoms with Crippen LogP contribution in [0.25, 0.3) is 0 Å². The third kappa shape index (κ3) is 4.14. The highest BCUT2D eigenvalue weighted by Crippen LogP contribution is 2.18. The van der Waals surface area contributed by atoms with Gasteiger partial charge in [0.1, 0.15) is 11.9 Å². The summed E-state index contributed by atoms with van der Waals surface area (Å²) >= 11 is 0. The Hall–Kier alpha value is -2.73. The van der Waals surface area contributed by atoms with Gasteiger partial charge in [0, 0.05) is 11.4 Å². The van der Waals surface area contributed by atoms with Gasteiger partial charge in [-0.1, -0.05) is 24.3 Å². The number of nitrogens with zero attached hydrogens (tertiary/aromatic N) is 1. The van der Waals surface area contributed by atoms with Crippen molar-refractivity contribution in [2.75, 3.05) is 16.8 Å². The van der Waals surface area contributed by atoms with Gasteiger partial charge in [0.05, 0.1) is 6.54 Å². The zero-order valence-electron chi connectivity index (χ0n) is 12.7. The van der Waals surface area contributed by atoms with Crippen molar-refractivity contribution in [3.63, 3.8) is 0 Å². The molecule has 2 aromatic rings. The van der Waals surface area contributed by atoms with Gasteiger partial charge in [-0.15, -0.1) is 0 Å². The highest BCUT2D eigenvalue weighted by molar-refractivity contribution is 6.05. The first-order valence-electron chi connectivity index (χ1n) is 7.16. The fraction of sp³-hybridized carbons (Fsp3) is 0.176. The first-order valence-corrected chi connectivity index (χ1v) is 7.16. The number of hydrogen-bond acceptors (Lipinski definition) is 3. The Morgan fingerprint density at radius 3 is 2.48 bits per heavy atom. The Kier molecular flexibility index (Phi) is 5.43. The molecular weight excluding hydrogens is 297 g/mol. The average Bonchev–Trinajstić information content (AvgIpc) is 2.55. The van der Waals surface area contributed by atoms with E-state index in [1.807, 2.05) is 6.07 Å². The number of rotatable bonds is 5. The van der Waals surface area contributed by atoms with Crippen molar-refractivity contribution in [2.45, 2.75) is 13.0 Å². The highest BCUT2D eigenvalue weighted by Gasteiger charge is 2.26. The van der Waals surface area contributed by atoms with Crippen LogP contribution in [0, 0.1) is 5.82 Å². The Labute approximate surface area is 133 Å². The number of benzene rings is 2. The van der Waals surface area contributed by atoms with E-state index in [0.717, 1.165) is 0 Å². The van der Waals surface area contributed by atoms with Gasteiger partial charge in [-0.3, -0.25) is 14.5 Å². The zero-order valence-corrected chi connectivity index (χ0v) is 12.7. The maximum absolute atomic E-state index is 13.2. The van der Waals surface area contributed by atoms with Crippen LogP contribution in [0.3, 0.4) is 0 Å². The van der Waals surface area contributed by atoms with Gasteiger partial charge in [0.2, 0.25) is 11.8 Å². The summed E-state index contributed by atoms with van der Waals surface area (Å²) in [7, 11) is 0. The van der Waals surface area contributed by atoms with Crippen molar-refractivity contribution in [1.82, 2.24) is 0 Å². The largest absolute Gasteiger partial charge is 0.324 e. The second-order valence-corrected chi connectivity index (χ2v) is 4.98. The maximum Gasteiger partial charge on any atom is 0.247 e. The van der Waals surface area contributed by atoms with Gasteiger partial charge < -0.3 is 11.1 Å². The molecule has 2 rings (SSSR count). The minimum atomic E-state index is -0.795. The quantitative estimate of drug-likeness (QED) is 0.887. The van der Waals surface area contributed by atoms with Gasteiger partial charge >= 0.3 is 0 Å². The normalized spacial score (nSPS) is 11.6. The van der Waals surface area contributed by atoms with Gasteiger partial charge in [-0.25, -0.2) is 4.39 Å². The number of carbonyl (C=O) groups is 2. The minimum Gasteiger partial charge on any atom is -0.324 e. The lowest BCUT2D eigenvalue weighted by Gasteiger charge is -2.28. The lowest BCUT2D eigenvalue weighted by molar-refractivity contribution is -0.122. The third-order valence-electron chi connectivity index (χ3n) is 3.34. The molecule has 0 saturated heterocycles. The molecule has 0 bridgehead atoms. The number of anilines is 2. The fourth-order valence-corrected chi connectivity index (χ4v) is 2.20. The summed E-state index contributed by atoms with van der Waals surface area (Å²) < 4.78 is 13.2. The molecule has 3 N–H and O–H groups in total. The van der Waals surface area contributed by atoms with E-state index in [2.05, 4.69) is 5.32 Å². The van der Waals surface area contributed by atoms with E-state index < -0.39 is 17.8 Å². The Morgan fingerprint density at radius 1 is 1.17 bits per heavy atom. The molecule has 0 aromatic heterocycles. The van der Waals surface area contributed by atoms with E-state index in [9.17, 15) is 14.0 Å². The molecule has 0 aliphatic rings. The molecule has 2 amide bonds. The Balaban J connectivity index is 2.21. The van der Waals surface area contributed by atoms with E-state index >= 15 is 0 Å². The molecule has 0 aliphatic heterocycles. The van der Waals surface area contributed by atoms with Gasteiger partial charge in [-0.2, -0.15) is 0 Å². The van der Waals surface area contributed by atoms with Crippen LogP contribution in [0.2, 0.25) is 0 Å². The summed E-state index contributed by atoms with van der Waals surface area (Å²) in [5.74, 6) is -1.26. The number of amides is 2. The Bertz CT molecular complexity index is 691. The smallest absolute Gasteiger partial charge is 0.247 e. The highest BCUT2D eigenvalue weighted by atomic mass is 19.1. The molecule has 0 heterocycles. The van der Waals surface area contributed by atoms with Crippen molar-refractivity contribution in [3.8, 4) is 0 Å². The first kappa shape index (κ1) is 16.6. The maximum atomic E-state index is 13.2. The average molecular weight is 315 g/mol. The minimum absolute atomic E-state index is 0.216. The predicted octanol–water partition coefficient (Wildman–Crippen LogP) is 2.14. The van der Waals surface area contributed by atoms with Gasteiger partial charge in [-0.05, 0) is 37.3 Å². The van der Waals surface area contributed by atoms with E-state index in [0.29, 0.717) is 11.4 Å². The van der Waals surface area contributed by atoms with Crippen LogP contribution in [0.15, 0.2) is 54.6 Å². The molecule has 23 heavy (non-hydrogen) atoms. The number of carbonyl (C=O) groups excluding carboxylic acids is 2. The van der Waals surface area contributed by atoms with Crippen LogP contribution in [0.1, 0.15) is 6.92 Å². The standard InChI is InChI=1S/C17H18FN3O2/c1-12(17(23)20-14-7-5-6-13(18)10-14)21(16(22)11-19)15-8-3-2-4-9-15/h2-10,12H,11,19H2,1H3,(H,20,23). The van der Waals surface area contributed by atoms with Crippen molar-refractivity contribution in [1.29, 1.82) is 0 Å². The summed E-state index contributed by atoms with van der Waals surface area (Å²) in [6.07, 6.45) is 0. The van der Waals surface area contributed by atoms with E-state index in [1.54, 1.807) is 37.3 Å². The SMILES string of the molecule is CC(C(=O)Nc1cccc(F)c1)N(C(=O)CN)c1ccccc1. The van der Waals surface area contributed by atoms with E-state index in [1.165, 1.54) is 23.1 Å².